The first-order valence-electron chi connectivity index (χ1n) is 6.96. The van der Waals surface area contributed by atoms with Gasteiger partial charge in [-0.05, 0) is 11.1 Å². The van der Waals surface area contributed by atoms with E-state index in [0.29, 0.717) is 6.54 Å². The van der Waals surface area contributed by atoms with Gasteiger partial charge in [-0.25, -0.2) is 0 Å². The largest absolute Gasteiger partial charge is 0.395 e. The monoisotopic (exact) mass is 320 g/mol. The zero-order valence-corrected chi connectivity index (χ0v) is 13.1. The Bertz CT molecular complexity index is 563. The molecular weight excluding hydrogens is 300 g/mol. The smallest absolute Gasteiger partial charge is 0.244 e. The van der Waals surface area contributed by atoms with Gasteiger partial charge in [0, 0.05) is 13.1 Å². The summed E-state index contributed by atoms with van der Waals surface area (Å²) in [7, 11) is 0. The Morgan fingerprint density at radius 1 is 1.05 bits per heavy atom. The van der Waals surface area contributed by atoms with Crippen LogP contribution in [0.5, 0.6) is 0 Å². The van der Waals surface area contributed by atoms with Gasteiger partial charge in [-0.1, -0.05) is 60.7 Å². The maximum Gasteiger partial charge on any atom is 0.244 e. The fraction of sp³-hybridized carbons (Fsp3) is 0.235. The molecule has 2 rings (SSSR count). The molecule has 0 heterocycles. The first kappa shape index (κ1) is 18.2. The van der Waals surface area contributed by atoms with Crippen LogP contribution in [0.3, 0.4) is 0 Å². The second kappa shape index (κ2) is 9.20. The van der Waals surface area contributed by atoms with Crippen molar-refractivity contribution >= 4 is 18.3 Å². The van der Waals surface area contributed by atoms with Crippen LogP contribution < -0.4 is 5.73 Å². The molecule has 0 saturated heterocycles. The summed E-state index contributed by atoms with van der Waals surface area (Å²) in [6.07, 6.45) is 0. The molecule has 2 aromatic rings. The molecule has 4 nitrogen and oxygen atoms in total. The van der Waals surface area contributed by atoms with E-state index in [2.05, 4.69) is 0 Å². The number of carbonyl (C=O) groups is 1. The molecular formula is C17H21ClN2O2. The summed E-state index contributed by atoms with van der Waals surface area (Å²) in [6.45, 7) is 0.634. The third-order valence-corrected chi connectivity index (χ3v) is 3.32. The summed E-state index contributed by atoms with van der Waals surface area (Å²) in [5, 5.41) is 9.18. The summed E-state index contributed by atoms with van der Waals surface area (Å²) in [4.78, 5) is 14.1. The van der Waals surface area contributed by atoms with Crippen molar-refractivity contribution in [2.75, 3.05) is 13.2 Å². The maximum absolute atomic E-state index is 12.5. The van der Waals surface area contributed by atoms with E-state index in [1.165, 1.54) is 0 Å². The lowest BCUT2D eigenvalue weighted by molar-refractivity contribution is -0.133. The number of hydrogen-bond acceptors (Lipinski definition) is 3. The lowest BCUT2D eigenvalue weighted by Crippen LogP contribution is -2.39. The number of halogens is 1. The van der Waals surface area contributed by atoms with E-state index in [-0.39, 0.29) is 31.5 Å². The van der Waals surface area contributed by atoms with Crippen molar-refractivity contribution in [1.29, 1.82) is 0 Å². The van der Waals surface area contributed by atoms with Gasteiger partial charge >= 0.3 is 0 Å². The Morgan fingerprint density at radius 2 is 1.59 bits per heavy atom. The van der Waals surface area contributed by atoms with E-state index in [4.69, 9.17) is 5.73 Å². The Hall–Kier alpha value is -1.88. The SMILES string of the molecule is Cl.NC(C(=O)N(CCO)Cc1ccccc1)c1ccccc1. The molecule has 1 unspecified atom stereocenters. The van der Waals surface area contributed by atoms with Crippen LogP contribution in [-0.4, -0.2) is 29.1 Å². The molecule has 0 bridgehead atoms. The average molecular weight is 321 g/mol. The highest BCUT2D eigenvalue weighted by molar-refractivity contribution is 5.85. The van der Waals surface area contributed by atoms with Gasteiger partial charge < -0.3 is 15.7 Å². The third kappa shape index (κ3) is 4.84. The van der Waals surface area contributed by atoms with Crippen molar-refractivity contribution < 1.29 is 9.90 Å². The number of aliphatic hydroxyl groups is 1. The van der Waals surface area contributed by atoms with Crippen LogP contribution in [0.2, 0.25) is 0 Å². The highest BCUT2D eigenvalue weighted by Crippen LogP contribution is 2.15. The van der Waals surface area contributed by atoms with Gasteiger partial charge in [0.15, 0.2) is 0 Å². The quantitative estimate of drug-likeness (QED) is 0.857. The number of hydrogen-bond donors (Lipinski definition) is 2. The zero-order valence-electron chi connectivity index (χ0n) is 12.3. The average Bonchev–Trinajstić information content (AvgIpc) is 2.55. The maximum atomic E-state index is 12.5. The van der Waals surface area contributed by atoms with E-state index in [0.717, 1.165) is 11.1 Å². The number of rotatable bonds is 6. The van der Waals surface area contributed by atoms with E-state index >= 15 is 0 Å². The number of amides is 1. The molecule has 1 atom stereocenters. The second-order valence-corrected chi connectivity index (χ2v) is 4.86. The Labute approximate surface area is 137 Å². The van der Waals surface area contributed by atoms with Crippen LogP contribution in [0.15, 0.2) is 60.7 Å². The summed E-state index contributed by atoms with van der Waals surface area (Å²) in [6, 6.07) is 18.2. The van der Waals surface area contributed by atoms with Gasteiger partial charge in [0.1, 0.15) is 6.04 Å². The summed E-state index contributed by atoms with van der Waals surface area (Å²) >= 11 is 0. The first-order valence-corrected chi connectivity index (χ1v) is 6.96. The Balaban J connectivity index is 0.00000242. The van der Waals surface area contributed by atoms with Gasteiger partial charge in [0.2, 0.25) is 5.91 Å². The number of nitrogens with zero attached hydrogens (tertiary/aromatic N) is 1. The Kier molecular flexibility index (Phi) is 7.60. The lowest BCUT2D eigenvalue weighted by Gasteiger charge is -2.25. The zero-order chi connectivity index (χ0) is 15.1. The molecule has 0 aliphatic carbocycles. The van der Waals surface area contributed by atoms with E-state index in [9.17, 15) is 9.90 Å². The topological polar surface area (TPSA) is 66.6 Å². The molecule has 0 saturated carbocycles. The lowest BCUT2D eigenvalue weighted by atomic mass is 10.1. The highest BCUT2D eigenvalue weighted by Gasteiger charge is 2.22. The molecule has 0 radical (unpaired) electrons. The van der Waals surface area contributed by atoms with Crippen molar-refractivity contribution in [3.05, 3.63) is 71.8 Å². The van der Waals surface area contributed by atoms with Gasteiger partial charge in [-0.15, -0.1) is 12.4 Å². The Morgan fingerprint density at radius 3 is 2.14 bits per heavy atom. The first-order chi connectivity index (χ1) is 10.2. The molecule has 2 aromatic carbocycles. The second-order valence-electron chi connectivity index (χ2n) is 4.86. The molecule has 0 spiro atoms. The molecule has 118 valence electrons. The van der Waals surface area contributed by atoms with E-state index in [1.54, 1.807) is 4.90 Å². The normalized spacial score (nSPS) is 11.4. The number of aliphatic hydroxyl groups excluding tert-OH is 1. The van der Waals surface area contributed by atoms with Crippen LogP contribution in [-0.2, 0) is 11.3 Å². The van der Waals surface area contributed by atoms with Crippen LogP contribution in [0.25, 0.3) is 0 Å². The van der Waals surface area contributed by atoms with Crippen molar-refractivity contribution in [3.8, 4) is 0 Å². The molecule has 0 aliphatic rings. The molecule has 5 heteroatoms. The van der Waals surface area contributed by atoms with Crippen molar-refractivity contribution in [3.63, 3.8) is 0 Å². The number of nitrogens with two attached hydrogens (primary N) is 1. The van der Waals surface area contributed by atoms with Crippen LogP contribution in [0.1, 0.15) is 17.2 Å². The van der Waals surface area contributed by atoms with Crippen LogP contribution in [0, 0.1) is 0 Å². The third-order valence-electron chi connectivity index (χ3n) is 3.32. The van der Waals surface area contributed by atoms with Crippen LogP contribution in [0.4, 0.5) is 0 Å². The molecule has 1 amide bonds. The minimum Gasteiger partial charge on any atom is -0.395 e. The fourth-order valence-electron chi connectivity index (χ4n) is 2.19. The van der Waals surface area contributed by atoms with Crippen LogP contribution >= 0.6 is 12.4 Å². The fourth-order valence-corrected chi connectivity index (χ4v) is 2.19. The minimum absolute atomic E-state index is 0. The predicted octanol–water partition coefficient (Wildman–Crippen LogP) is 2.13. The van der Waals surface area contributed by atoms with Gasteiger partial charge in [-0.3, -0.25) is 4.79 Å². The number of carbonyl (C=O) groups excluding carboxylic acids is 1. The van der Waals surface area contributed by atoms with Gasteiger partial charge in [0.05, 0.1) is 6.61 Å². The molecule has 0 fully saturated rings. The predicted molar refractivity (Wildman–Crippen MR) is 89.6 cm³/mol. The van der Waals surface area contributed by atoms with Gasteiger partial charge in [-0.2, -0.15) is 0 Å². The van der Waals surface area contributed by atoms with Crippen molar-refractivity contribution in [1.82, 2.24) is 4.90 Å². The summed E-state index contributed by atoms with van der Waals surface area (Å²) in [5.74, 6) is -0.181. The van der Waals surface area contributed by atoms with E-state index < -0.39 is 6.04 Å². The summed E-state index contributed by atoms with van der Waals surface area (Å²) < 4.78 is 0. The molecule has 0 aromatic heterocycles. The van der Waals surface area contributed by atoms with Crippen molar-refractivity contribution in [2.45, 2.75) is 12.6 Å². The molecule has 0 aliphatic heterocycles. The molecule has 22 heavy (non-hydrogen) atoms. The molecule has 3 N–H and O–H groups in total. The van der Waals surface area contributed by atoms with Crippen molar-refractivity contribution in [2.24, 2.45) is 5.73 Å². The van der Waals surface area contributed by atoms with Gasteiger partial charge in [0.25, 0.3) is 0 Å². The van der Waals surface area contributed by atoms with E-state index in [1.807, 2.05) is 60.7 Å². The highest BCUT2D eigenvalue weighted by atomic mass is 35.5. The summed E-state index contributed by atoms with van der Waals surface area (Å²) in [5.41, 5.74) is 7.84. The number of benzene rings is 2. The minimum atomic E-state index is -0.707. The standard InChI is InChI=1S/C17H20N2O2.ClH/c18-16(15-9-5-2-6-10-15)17(21)19(11-12-20)13-14-7-3-1-4-8-14;/h1-10,16,20H,11-13,18H2;1H.